The average molecular weight is 509 g/mol. The first-order chi connectivity index (χ1) is 16.9. The minimum Gasteiger partial charge on any atom is -0.493 e. The first-order valence-electron chi connectivity index (χ1n) is 12.2. The van der Waals surface area contributed by atoms with Crippen LogP contribution in [0.5, 0.6) is 11.5 Å². The Hall–Kier alpha value is -3.01. The quantitative estimate of drug-likeness (QED) is 0.476. The van der Waals surface area contributed by atoms with Crippen LogP contribution in [0, 0.1) is 5.92 Å². The van der Waals surface area contributed by atoms with Gasteiger partial charge in [-0.2, -0.15) is 0 Å². The molecular formula is C26H40N2O8. The number of carboxylic acids is 1. The molecule has 0 saturated carbocycles. The van der Waals surface area contributed by atoms with Crippen LogP contribution in [0.1, 0.15) is 57.8 Å². The molecule has 10 nitrogen and oxygen atoms in total. The molecule has 202 valence electrons. The second kappa shape index (κ2) is 12.8. The molecule has 0 radical (unpaired) electrons. The van der Waals surface area contributed by atoms with Crippen molar-refractivity contribution in [2.45, 2.75) is 65.1 Å². The maximum atomic E-state index is 13.7. The van der Waals surface area contributed by atoms with E-state index in [0.29, 0.717) is 36.7 Å². The Balaban J connectivity index is 2.33. The summed E-state index contributed by atoms with van der Waals surface area (Å²) in [5.41, 5.74) is -0.341. The topological polar surface area (TPSA) is 115 Å². The van der Waals surface area contributed by atoms with Crippen LogP contribution < -0.4 is 9.47 Å². The number of likely N-dealkylation sites (tertiary alicyclic amines) is 1. The van der Waals surface area contributed by atoms with Gasteiger partial charge in [0.05, 0.1) is 25.7 Å². The third kappa shape index (κ3) is 8.01. The van der Waals surface area contributed by atoms with Gasteiger partial charge < -0.3 is 33.9 Å². The number of amides is 2. The number of benzene rings is 1. The lowest BCUT2D eigenvalue weighted by molar-refractivity contribution is -0.144. The predicted octanol–water partition coefficient (Wildman–Crippen LogP) is 3.67. The van der Waals surface area contributed by atoms with Gasteiger partial charge in [0.1, 0.15) is 5.60 Å². The summed E-state index contributed by atoms with van der Waals surface area (Å²) in [5, 5.41) is 9.76. The molecule has 1 heterocycles. The van der Waals surface area contributed by atoms with Gasteiger partial charge in [0.15, 0.2) is 11.5 Å². The molecule has 1 fully saturated rings. The molecule has 1 aliphatic heterocycles. The zero-order valence-corrected chi connectivity index (χ0v) is 22.4. The van der Waals surface area contributed by atoms with Gasteiger partial charge in [-0.3, -0.25) is 9.59 Å². The first-order valence-corrected chi connectivity index (χ1v) is 12.2. The van der Waals surface area contributed by atoms with Gasteiger partial charge in [-0.05, 0) is 59.2 Å². The Bertz CT molecular complexity index is 912. The van der Waals surface area contributed by atoms with Crippen molar-refractivity contribution in [2.75, 3.05) is 40.5 Å². The molecule has 36 heavy (non-hydrogen) atoms. The van der Waals surface area contributed by atoms with Crippen molar-refractivity contribution >= 4 is 18.0 Å². The van der Waals surface area contributed by atoms with Crippen molar-refractivity contribution in [1.82, 2.24) is 9.80 Å². The van der Waals surface area contributed by atoms with Gasteiger partial charge in [0.25, 0.3) is 5.91 Å². The summed E-state index contributed by atoms with van der Waals surface area (Å²) in [4.78, 5) is 41.5. The van der Waals surface area contributed by atoms with E-state index < -0.39 is 29.6 Å². The van der Waals surface area contributed by atoms with E-state index in [2.05, 4.69) is 0 Å². The molecule has 1 unspecified atom stereocenters. The second-order valence-corrected chi connectivity index (χ2v) is 10.2. The highest BCUT2D eigenvalue weighted by atomic mass is 16.6. The van der Waals surface area contributed by atoms with Gasteiger partial charge in [0.2, 0.25) is 0 Å². The summed E-state index contributed by atoms with van der Waals surface area (Å²) in [6.45, 7) is 10.1. The van der Waals surface area contributed by atoms with E-state index in [1.165, 1.54) is 12.0 Å². The summed E-state index contributed by atoms with van der Waals surface area (Å²) in [6, 6.07) is 4.20. The molecule has 1 aliphatic rings. The highest BCUT2D eigenvalue weighted by Crippen LogP contribution is 2.31. The number of methoxy groups -OCH3 is 2. The van der Waals surface area contributed by atoms with E-state index in [0.717, 1.165) is 0 Å². The van der Waals surface area contributed by atoms with Crippen molar-refractivity contribution in [3.8, 4) is 11.5 Å². The predicted molar refractivity (Wildman–Crippen MR) is 134 cm³/mol. The Morgan fingerprint density at radius 2 is 1.81 bits per heavy atom. The van der Waals surface area contributed by atoms with Crippen molar-refractivity contribution in [2.24, 2.45) is 5.92 Å². The fraction of sp³-hybridized carbons (Fsp3) is 0.654. The Morgan fingerprint density at radius 1 is 1.11 bits per heavy atom. The number of carbonyl (C=O) groups is 3. The minimum atomic E-state index is -1.01. The SMILES string of the molecule is COCCCOc1cc(C(=O)N(C(C)C)C2C[C@H](C(=O)O)CN(C(=O)OC(C)(C)C)C2)ccc1OC. The standard InChI is InChI=1S/C26H40N2O8/c1-17(2)28(20-13-19(24(30)31)15-27(16-20)25(32)36-26(3,4)5)23(29)18-9-10-21(34-7)22(14-18)35-12-8-11-33-6/h9-10,14,17,19-20H,8,11-13,15-16H2,1-7H3,(H,30,31)/t19-,20?/m0/s1. The second-order valence-electron chi connectivity index (χ2n) is 10.2. The number of piperidine rings is 1. The summed E-state index contributed by atoms with van der Waals surface area (Å²) in [7, 11) is 3.14. The Morgan fingerprint density at radius 3 is 2.36 bits per heavy atom. The summed E-state index contributed by atoms with van der Waals surface area (Å²) in [5.74, 6) is -1.18. The molecule has 0 spiro atoms. The van der Waals surface area contributed by atoms with Crippen LogP contribution in [-0.2, 0) is 14.3 Å². The van der Waals surface area contributed by atoms with Crippen molar-refractivity contribution in [3.63, 3.8) is 0 Å². The van der Waals surface area contributed by atoms with Gasteiger partial charge in [-0.25, -0.2) is 4.79 Å². The van der Waals surface area contributed by atoms with Crippen LogP contribution in [-0.4, -0.2) is 91.1 Å². The largest absolute Gasteiger partial charge is 0.493 e. The van der Waals surface area contributed by atoms with Crippen molar-refractivity contribution in [3.05, 3.63) is 23.8 Å². The lowest BCUT2D eigenvalue weighted by atomic mass is 9.92. The molecular weight excluding hydrogens is 468 g/mol. The molecule has 0 bridgehead atoms. The first kappa shape index (κ1) is 29.2. The Kier molecular flexibility index (Phi) is 10.4. The lowest BCUT2D eigenvalue weighted by Crippen LogP contribution is -2.57. The molecule has 0 aliphatic carbocycles. The average Bonchev–Trinajstić information content (AvgIpc) is 2.80. The molecule has 10 heteroatoms. The zero-order chi connectivity index (χ0) is 27.0. The van der Waals surface area contributed by atoms with Gasteiger partial charge in [0, 0.05) is 44.8 Å². The van der Waals surface area contributed by atoms with Crippen LogP contribution in [0.2, 0.25) is 0 Å². The van der Waals surface area contributed by atoms with Crippen LogP contribution >= 0.6 is 0 Å². The normalized spacial score (nSPS) is 18.1. The molecule has 1 N–H and O–H groups in total. The highest BCUT2D eigenvalue weighted by Gasteiger charge is 2.40. The lowest BCUT2D eigenvalue weighted by Gasteiger charge is -2.43. The number of carboxylic acid groups (broad SMARTS) is 1. The number of carbonyl (C=O) groups excluding carboxylic acids is 2. The molecule has 2 rings (SSSR count). The molecule has 1 aromatic rings. The molecule has 1 aromatic carbocycles. The highest BCUT2D eigenvalue weighted by molar-refractivity contribution is 5.95. The molecule has 1 saturated heterocycles. The fourth-order valence-electron chi connectivity index (χ4n) is 4.21. The third-order valence-electron chi connectivity index (χ3n) is 5.77. The zero-order valence-electron chi connectivity index (χ0n) is 22.4. The van der Waals surface area contributed by atoms with Crippen LogP contribution in [0.25, 0.3) is 0 Å². The molecule has 2 amide bonds. The maximum absolute atomic E-state index is 13.7. The van der Waals surface area contributed by atoms with Gasteiger partial charge >= 0.3 is 12.1 Å². The number of nitrogens with zero attached hydrogens (tertiary/aromatic N) is 2. The number of hydrogen-bond acceptors (Lipinski definition) is 7. The van der Waals surface area contributed by atoms with E-state index in [4.69, 9.17) is 18.9 Å². The van der Waals surface area contributed by atoms with Crippen molar-refractivity contribution < 1.29 is 38.4 Å². The van der Waals surface area contributed by atoms with Crippen LogP contribution in [0.15, 0.2) is 18.2 Å². The number of rotatable bonds is 10. The number of aliphatic carboxylic acids is 1. The van der Waals surface area contributed by atoms with Crippen LogP contribution in [0.3, 0.4) is 0 Å². The van der Waals surface area contributed by atoms with E-state index in [9.17, 15) is 19.5 Å². The monoisotopic (exact) mass is 508 g/mol. The summed E-state index contributed by atoms with van der Waals surface area (Å²) in [6.07, 6.45) is 0.315. The molecule has 2 atom stereocenters. The molecule has 0 aromatic heterocycles. The third-order valence-corrected chi connectivity index (χ3v) is 5.77. The number of hydrogen-bond donors (Lipinski definition) is 1. The Labute approximate surface area is 213 Å². The number of ether oxygens (including phenoxy) is 4. The van der Waals surface area contributed by atoms with Crippen molar-refractivity contribution in [1.29, 1.82) is 0 Å². The summed E-state index contributed by atoms with van der Waals surface area (Å²) < 4.78 is 21.7. The summed E-state index contributed by atoms with van der Waals surface area (Å²) >= 11 is 0. The van der Waals surface area contributed by atoms with Crippen LogP contribution in [0.4, 0.5) is 4.79 Å². The van der Waals surface area contributed by atoms with E-state index >= 15 is 0 Å². The van der Waals surface area contributed by atoms with E-state index in [1.54, 1.807) is 51.0 Å². The maximum Gasteiger partial charge on any atom is 0.410 e. The van der Waals surface area contributed by atoms with Gasteiger partial charge in [-0.15, -0.1) is 0 Å². The smallest absolute Gasteiger partial charge is 0.410 e. The fourth-order valence-corrected chi connectivity index (χ4v) is 4.21. The van der Waals surface area contributed by atoms with Gasteiger partial charge in [-0.1, -0.05) is 0 Å². The minimum absolute atomic E-state index is 0.0306. The van der Waals surface area contributed by atoms with E-state index in [1.807, 2.05) is 13.8 Å². The van der Waals surface area contributed by atoms with E-state index in [-0.39, 0.29) is 31.5 Å².